The Hall–Kier alpha value is -0.900. The van der Waals surface area contributed by atoms with Crippen molar-refractivity contribution in [2.45, 2.75) is 65.3 Å². The predicted molar refractivity (Wildman–Crippen MR) is 73.6 cm³/mol. The molecule has 0 amide bonds. The highest BCUT2D eigenvalue weighted by Crippen LogP contribution is 2.03. The predicted octanol–water partition coefficient (Wildman–Crippen LogP) is 3.22. The minimum absolute atomic E-state index is 0.867. The number of nitrogens with zero attached hydrogens (tertiary/aromatic N) is 3. The summed E-state index contributed by atoms with van der Waals surface area (Å²) in [6.45, 7) is 7.06. The molecule has 4 nitrogen and oxygen atoms in total. The second kappa shape index (κ2) is 10.1. The van der Waals surface area contributed by atoms with Crippen LogP contribution >= 0.6 is 0 Å². The minimum Gasteiger partial charge on any atom is -0.381 e. The van der Waals surface area contributed by atoms with Crippen LogP contribution in [0.4, 0.5) is 0 Å². The smallest absolute Gasteiger partial charge is 0.0827 e. The van der Waals surface area contributed by atoms with Crippen molar-refractivity contribution in [1.29, 1.82) is 0 Å². The fourth-order valence-corrected chi connectivity index (χ4v) is 1.84. The lowest BCUT2D eigenvalue weighted by Gasteiger charge is -2.02. The first-order valence-corrected chi connectivity index (χ1v) is 7.33. The summed E-state index contributed by atoms with van der Waals surface area (Å²) in [4.78, 5) is 0. The van der Waals surface area contributed by atoms with Crippen molar-refractivity contribution in [3.63, 3.8) is 0 Å². The van der Waals surface area contributed by atoms with Crippen LogP contribution in [0.25, 0.3) is 0 Å². The van der Waals surface area contributed by atoms with Crippen molar-refractivity contribution < 1.29 is 4.74 Å². The van der Waals surface area contributed by atoms with Gasteiger partial charge in [-0.3, -0.25) is 4.68 Å². The molecule has 0 aliphatic rings. The van der Waals surface area contributed by atoms with E-state index in [9.17, 15) is 0 Å². The molecule has 0 atom stereocenters. The van der Waals surface area contributed by atoms with Gasteiger partial charge < -0.3 is 4.74 Å². The topological polar surface area (TPSA) is 39.9 Å². The summed E-state index contributed by atoms with van der Waals surface area (Å²) < 4.78 is 7.41. The largest absolute Gasteiger partial charge is 0.381 e. The second-order valence-corrected chi connectivity index (χ2v) is 4.75. The van der Waals surface area contributed by atoms with Gasteiger partial charge in [-0.2, -0.15) is 0 Å². The summed E-state index contributed by atoms with van der Waals surface area (Å²) in [6.07, 6.45) is 10.2. The summed E-state index contributed by atoms with van der Waals surface area (Å²) in [6, 6.07) is 0. The molecule has 1 rings (SSSR count). The zero-order chi connectivity index (χ0) is 13.1. The normalized spacial score (nSPS) is 11.0. The van der Waals surface area contributed by atoms with E-state index in [0.29, 0.717) is 0 Å². The van der Waals surface area contributed by atoms with Gasteiger partial charge in [-0.15, -0.1) is 5.10 Å². The molecule has 0 saturated carbocycles. The molecule has 1 heterocycles. The van der Waals surface area contributed by atoms with E-state index in [4.69, 9.17) is 4.74 Å². The summed E-state index contributed by atoms with van der Waals surface area (Å²) in [7, 11) is 0. The molecular weight excluding hydrogens is 226 g/mol. The van der Waals surface area contributed by atoms with Crippen molar-refractivity contribution in [1.82, 2.24) is 15.0 Å². The molecule has 104 valence electrons. The average molecular weight is 253 g/mol. The molecular formula is C14H27N3O. The summed E-state index contributed by atoms with van der Waals surface area (Å²) in [5, 5.41) is 8.35. The van der Waals surface area contributed by atoms with Crippen molar-refractivity contribution in [3.8, 4) is 0 Å². The third-order valence-corrected chi connectivity index (χ3v) is 2.90. The number of aryl methyl sites for hydroxylation is 2. The van der Waals surface area contributed by atoms with E-state index in [1.165, 1.54) is 19.3 Å². The summed E-state index contributed by atoms with van der Waals surface area (Å²) >= 11 is 0. The van der Waals surface area contributed by atoms with Crippen LogP contribution in [-0.2, 0) is 17.7 Å². The van der Waals surface area contributed by atoms with Crippen LogP contribution in [0.2, 0.25) is 0 Å². The lowest BCUT2D eigenvalue weighted by molar-refractivity contribution is 0.130. The molecule has 4 heteroatoms. The maximum Gasteiger partial charge on any atom is 0.0827 e. The number of hydrogen-bond donors (Lipinski definition) is 0. The van der Waals surface area contributed by atoms with Gasteiger partial charge in [-0.25, -0.2) is 0 Å². The maximum atomic E-state index is 5.45. The van der Waals surface area contributed by atoms with Crippen molar-refractivity contribution in [2.75, 3.05) is 13.2 Å². The Labute approximate surface area is 111 Å². The number of hydrogen-bond acceptors (Lipinski definition) is 3. The Morgan fingerprint density at radius 2 is 1.94 bits per heavy atom. The van der Waals surface area contributed by atoms with Crippen LogP contribution in [0.5, 0.6) is 0 Å². The molecule has 0 N–H and O–H groups in total. The number of ether oxygens (including phenoxy) is 1. The first-order chi connectivity index (χ1) is 8.86. The van der Waals surface area contributed by atoms with E-state index in [2.05, 4.69) is 30.4 Å². The Kier molecular flexibility index (Phi) is 8.47. The molecule has 0 aliphatic carbocycles. The lowest BCUT2D eigenvalue weighted by atomic mass is 10.2. The Bertz CT molecular complexity index is 299. The number of aromatic nitrogens is 3. The van der Waals surface area contributed by atoms with Gasteiger partial charge in [0.05, 0.1) is 5.69 Å². The van der Waals surface area contributed by atoms with E-state index in [0.717, 1.165) is 51.1 Å². The molecule has 0 bridgehead atoms. The molecule has 0 spiro atoms. The molecule has 1 aromatic rings. The fourth-order valence-electron chi connectivity index (χ4n) is 1.84. The van der Waals surface area contributed by atoms with E-state index in [1.807, 2.05) is 4.68 Å². The first-order valence-electron chi connectivity index (χ1n) is 7.33. The second-order valence-electron chi connectivity index (χ2n) is 4.75. The van der Waals surface area contributed by atoms with Gasteiger partial charge in [0, 0.05) is 26.0 Å². The highest BCUT2D eigenvalue weighted by molar-refractivity contribution is 4.91. The monoisotopic (exact) mass is 253 g/mol. The number of unbranched alkanes of at least 4 members (excludes halogenated alkanes) is 3. The van der Waals surface area contributed by atoms with E-state index in [-0.39, 0.29) is 0 Å². The Balaban J connectivity index is 2.07. The van der Waals surface area contributed by atoms with Crippen molar-refractivity contribution >= 4 is 0 Å². The van der Waals surface area contributed by atoms with E-state index < -0.39 is 0 Å². The average Bonchev–Trinajstić information content (AvgIpc) is 2.82. The minimum atomic E-state index is 0.867. The van der Waals surface area contributed by atoms with Crippen LogP contribution in [0, 0.1) is 0 Å². The molecule has 0 fully saturated rings. The zero-order valence-corrected chi connectivity index (χ0v) is 11.9. The van der Waals surface area contributed by atoms with Gasteiger partial charge in [0.25, 0.3) is 0 Å². The van der Waals surface area contributed by atoms with E-state index in [1.54, 1.807) is 0 Å². The third kappa shape index (κ3) is 6.74. The fraction of sp³-hybridized carbons (Fsp3) is 0.857. The first kappa shape index (κ1) is 15.2. The van der Waals surface area contributed by atoms with Gasteiger partial charge >= 0.3 is 0 Å². The number of rotatable bonds is 11. The quantitative estimate of drug-likeness (QED) is 0.568. The molecule has 0 aromatic carbocycles. The third-order valence-electron chi connectivity index (χ3n) is 2.90. The maximum absolute atomic E-state index is 5.45. The van der Waals surface area contributed by atoms with Crippen LogP contribution in [0.3, 0.4) is 0 Å². The molecule has 0 radical (unpaired) electrons. The summed E-state index contributed by atoms with van der Waals surface area (Å²) in [5.41, 5.74) is 1.13. The Morgan fingerprint density at radius 3 is 2.72 bits per heavy atom. The highest BCUT2D eigenvalue weighted by atomic mass is 16.5. The van der Waals surface area contributed by atoms with Gasteiger partial charge in [-0.1, -0.05) is 31.9 Å². The molecule has 1 aromatic heterocycles. The van der Waals surface area contributed by atoms with Crippen molar-refractivity contribution in [2.24, 2.45) is 0 Å². The van der Waals surface area contributed by atoms with Gasteiger partial charge in [0.15, 0.2) is 0 Å². The molecule has 0 saturated heterocycles. The van der Waals surface area contributed by atoms with Gasteiger partial charge in [-0.05, 0) is 32.1 Å². The lowest BCUT2D eigenvalue weighted by Crippen LogP contribution is -2.01. The standard InChI is InChI=1S/C14H27N3O/c1-3-5-6-9-14-13-17(16-15-14)10-7-8-12-18-11-4-2/h13H,3-12H2,1-2H3. The van der Waals surface area contributed by atoms with Crippen LogP contribution < -0.4 is 0 Å². The van der Waals surface area contributed by atoms with Gasteiger partial charge in [0.1, 0.15) is 0 Å². The Morgan fingerprint density at radius 1 is 1.06 bits per heavy atom. The molecule has 0 aliphatic heterocycles. The van der Waals surface area contributed by atoms with Crippen LogP contribution in [0.1, 0.15) is 58.1 Å². The summed E-state index contributed by atoms with van der Waals surface area (Å²) in [5.74, 6) is 0. The molecule has 18 heavy (non-hydrogen) atoms. The van der Waals surface area contributed by atoms with Crippen LogP contribution in [0.15, 0.2) is 6.20 Å². The SMILES string of the molecule is CCCCCc1cn(CCCCOCCC)nn1. The van der Waals surface area contributed by atoms with Crippen LogP contribution in [-0.4, -0.2) is 28.2 Å². The van der Waals surface area contributed by atoms with E-state index >= 15 is 0 Å². The molecule has 0 unspecified atom stereocenters. The zero-order valence-electron chi connectivity index (χ0n) is 11.9. The highest BCUT2D eigenvalue weighted by Gasteiger charge is 2.00. The van der Waals surface area contributed by atoms with Crippen molar-refractivity contribution in [3.05, 3.63) is 11.9 Å². The van der Waals surface area contributed by atoms with Gasteiger partial charge in [0.2, 0.25) is 0 Å².